The van der Waals surface area contributed by atoms with Crippen LogP contribution in [0, 0.1) is 6.92 Å². The van der Waals surface area contributed by atoms with Crippen LogP contribution in [-0.2, 0) is 13.1 Å². The second-order valence-electron chi connectivity index (χ2n) is 4.94. The Hall–Kier alpha value is -1.68. The fraction of sp³-hybridized carbons (Fsp3) is 0.429. The lowest BCUT2D eigenvalue weighted by Crippen LogP contribution is -2.18. The van der Waals surface area contributed by atoms with E-state index < -0.39 is 0 Å². The summed E-state index contributed by atoms with van der Waals surface area (Å²) in [6.45, 7) is 3.72. The van der Waals surface area contributed by atoms with Gasteiger partial charge < -0.3 is 9.88 Å². The zero-order valence-electron chi connectivity index (χ0n) is 10.6. The standard InChI is InChI=1S/C14H18N4/c1-11-3-2-4-13(17-11)9-18-10-15-7-14(18)8-16-12-5-6-12/h2-4,7,10,12,16H,5-6,8-9H2,1H3. The fourth-order valence-corrected chi connectivity index (χ4v) is 2.04. The first-order valence-corrected chi connectivity index (χ1v) is 6.46. The van der Waals surface area contributed by atoms with E-state index in [-0.39, 0.29) is 0 Å². The highest BCUT2D eigenvalue weighted by Crippen LogP contribution is 2.19. The molecule has 1 aliphatic carbocycles. The molecule has 1 saturated carbocycles. The normalized spacial score (nSPS) is 14.9. The van der Waals surface area contributed by atoms with Crippen LogP contribution in [0.2, 0.25) is 0 Å². The molecule has 4 nitrogen and oxygen atoms in total. The molecule has 0 amide bonds. The SMILES string of the molecule is Cc1cccc(Cn2cncc2CNC2CC2)n1. The summed E-state index contributed by atoms with van der Waals surface area (Å²) in [5, 5.41) is 3.52. The Morgan fingerprint density at radius 1 is 1.39 bits per heavy atom. The van der Waals surface area contributed by atoms with Crippen LogP contribution in [0.5, 0.6) is 0 Å². The number of pyridine rings is 1. The van der Waals surface area contributed by atoms with E-state index in [9.17, 15) is 0 Å². The Balaban J connectivity index is 1.69. The quantitative estimate of drug-likeness (QED) is 0.870. The van der Waals surface area contributed by atoms with Gasteiger partial charge in [0.2, 0.25) is 0 Å². The third-order valence-electron chi connectivity index (χ3n) is 3.23. The lowest BCUT2D eigenvalue weighted by Gasteiger charge is -2.08. The Bertz CT molecular complexity index is 528. The Kier molecular flexibility index (Phi) is 3.11. The van der Waals surface area contributed by atoms with Crippen molar-refractivity contribution in [3.63, 3.8) is 0 Å². The van der Waals surface area contributed by atoms with Crippen molar-refractivity contribution in [3.8, 4) is 0 Å². The molecule has 0 aromatic carbocycles. The third kappa shape index (κ3) is 2.76. The molecular weight excluding hydrogens is 224 g/mol. The summed E-state index contributed by atoms with van der Waals surface area (Å²) < 4.78 is 2.16. The molecule has 0 spiro atoms. The Labute approximate surface area is 107 Å². The highest BCUT2D eigenvalue weighted by atomic mass is 15.1. The molecule has 18 heavy (non-hydrogen) atoms. The molecule has 1 aliphatic rings. The van der Waals surface area contributed by atoms with Gasteiger partial charge in [0.1, 0.15) is 0 Å². The molecule has 0 aliphatic heterocycles. The maximum atomic E-state index is 4.53. The highest BCUT2D eigenvalue weighted by Gasteiger charge is 2.20. The molecule has 1 N–H and O–H groups in total. The molecule has 2 heterocycles. The van der Waals surface area contributed by atoms with Crippen LogP contribution in [0.1, 0.15) is 29.9 Å². The van der Waals surface area contributed by atoms with Gasteiger partial charge in [-0.3, -0.25) is 4.98 Å². The molecule has 0 bridgehead atoms. The second-order valence-corrected chi connectivity index (χ2v) is 4.94. The van der Waals surface area contributed by atoms with E-state index >= 15 is 0 Å². The molecule has 0 unspecified atom stereocenters. The van der Waals surface area contributed by atoms with Crippen molar-refractivity contribution in [3.05, 3.63) is 47.8 Å². The van der Waals surface area contributed by atoms with Crippen LogP contribution in [0.15, 0.2) is 30.7 Å². The smallest absolute Gasteiger partial charge is 0.0952 e. The first kappa shape index (κ1) is 11.4. The number of aromatic nitrogens is 3. The van der Waals surface area contributed by atoms with Gasteiger partial charge in [0, 0.05) is 24.5 Å². The summed E-state index contributed by atoms with van der Waals surface area (Å²) >= 11 is 0. The van der Waals surface area contributed by atoms with Crippen LogP contribution in [0.25, 0.3) is 0 Å². The molecule has 0 atom stereocenters. The molecular formula is C14H18N4. The minimum Gasteiger partial charge on any atom is -0.327 e. The van der Waals surface area contributed by atoms with Crippen molar-refractivity contribution in [2.45, 2.75) is 38.9 Å². The summed E-state index contributed by atoms with van der Waals surface area (Å²) in [7, 11) is 0. The Morgan fingerprint density at radius 2 is 2.28 bits per heavy atom. The zero-order chi connectivity index (χ0) is 12.4. The molecule has 1 fully saturated rings. The number of hydrogen-bond donors (Lipinski definition) is 1. The van der Waals surface area contributed by atoms with E-state index in [0.717, 1.165) is 30.5 Å². The average molecular weight is 242 g/mol. The van der Waals surface area contributed by atoms with Gasteiger partial charge in [0.25, 0.3) is 0 Å². The number of aryl methyl sites for hydroxylation is 1. The van der Waals surface area contributed by atoms with Crippen molar-refractivity contribution in [1.29, 1.82) is 0 Å². The number of imidazole rings is 1. The van der Waals surface area contributed by atoms with Crippen LogP contribution in [-0.4, -0.2) is 20.6 Å². The van der Waals surface area contributed by atoms with E-state index in [4.69, 9.17) is 0 Å². The maximum Gasteiger partial charge on any atom is 0.0952 e. The minimum atomic E-state index is 0.727. The number of hydrogen-bond acceptors (Lipinski definition) is 3. The first-order chi connectivity index (χ1) is 8.81. The van der Waals surface area contributed by atoms with Crippen molar-refractivity contribution in [2.75, 3.05) is 0 Å². The largest absolute Gasteiger partial charge is 0.327 e. The predicted molar refractivity (Wildman–Crippen MR) is 70.2 cm³/mol. The summed E-state index contributed by atoms with van der Waals surface area (Å²) in [5.74, 6) is 0. The van der Waals surface area contributed by atoms with Gasteiger partial charge >= 0.3 is 0 Å². The van der Waals surface area contributed by atoms with E-state index in [0.29, 0.717) is 0 Å². The fourth-order valence-electron chi connectivity index (χ4n) is 2.04. The molecule has 0 radical (unpaired) electrons. The van der Waals surface area contributed by atoms with Gasteiger partial charge in [-0.1, -0.05) is 6.07 Å². The third-order valence-corrected chi connectivity index (χ3v) is 3.23. The van der Waals surface area contributed by atoms with Gasteiger partial charge in [-0.05, 0) is 31.9 Å². The summed E-state index contributed by atoms with van der Waals surface area (Å²) in [5.41, 5.74) is 3.37. The first-order valence-electron chi connectivity index (χ1n) is 6.46. The molecule has 2 aromatic rings. The van der Waals surface area contributed by atoms with Crippen LogP contribution in [0.4, 0.5) is 0 Å². The molecule has 94 valence electrons. The van der Waals surface area contributed by atoms with Crippen LogP contribution >= 0.6 is 0 Å². The Morgan fingerprint density at radius 3 is 3.06 bits per heavy atom. The van der Waals surface area contributed by atoms with E-state index in [1.807, 2.05) is 25.5 Å². The van der Waals surface area contributed by atoms with E-state index in [1.165, 1.54) is 18.5 Å². The highest BCUT2D eigenvalue weighted by molar-refractivity contribution is 5.12. The number of nitrogens with zero attached hydrogens (tertiary/aromatic N) is 3. The summed E-state index contributed by atoms with van der Waals surface area (Å²) in [4.78, 5) is 8.76. The molecule has 3 rings (SSSR count). The topological polar surface area (TPSA) is 42.7 Å². The van der Waals surface area contributed by atoms with Crippen molar-refractivity contribution in [2.24, 2.45) is 0 Å². The summed E-state index contributed by atoms with van der Waals surface area (Å²) in [6.07, 6.45) is 6.44. The molecule has 2 aromatic heterocycles. The van der Waals surface area contributed by atoms with E-state index in [1.54, 1.807) is 0 Å². The zero-order valence-corrected chi connectivity index (χ0v) is 10.6. The van der Waals surface area contributed by atoms with Gasteiger partial charge in [-0.2, -0.15) is 0 Å². The van der Waals surface area contributed by atoms with Crippen LogP contribution < -0.4 is 5.32 Å². The predicted octanol–water partition coefficient (Wildman–Crippen LogP) is 1.89. The van der Waals surface area contributed by atoms with Gasteiger partial charge in [0.05, 0.1) is 24.3 Å². The van der Waals surface area contributed by atoms with Crippen molar-refractivity contribution < 1.29 is 0 Å². The molecule has 4 heteroatoms. The number of rotatable bonds is 5. The van der Waals surface area contributed by atoms with Crippen molar-refractivity contribution in [1.82, 2.24) is 19.9 Å². The van der Waals surface area contributed by atoms with Gasteiger partial charge in [-0.15, -0.1) is 0 Å². The van der Waals surface area contributed by atoms with Crippen LogP contribution in [0.3, 0.4) is 0 Å². The number of nitrogens with one attached hydrogen (secondary N) is 1. The summed E-state index contributed by atoms with van der Waals surface area (Å²) in [6, 6.07) is 6.86. The monoisotopic (exact) mass is 242 g/mol. The average Bonchev–Trinajstić information content (AvgIpc) is 3.08. The van der Waals surface area contributed by atoms with Gasteiger partial charge in [0.15, 0.2) is 0 Å². The lowest BCUT2D eigenvalue weighted by atomic mass is 10.3. The minimum absolute atomic E-state index is 0.727. The van der Waals surface area contributed by atoms with Gasteiger partial charge in [-0.25, -0.2) is 4.98 Å². The second kappa shape index (κ2) is 4.90. The van der Waals surface area contributed by atoms with E-state index in [2.05, 4.69) is 32.0 Å². The van der Waals surface area contributed by atoms with Crippen molar-refractivity contribution >= 4 is 0 Å². The maximum absolute atomic E-state index is 4.53. The molecule has 0 saturated heterocycles. The lowest BCUT2D eigenvalue weighted by molar-refractivity contribution is 0.630.